The number of nitrogen functional groups attached to an aromatic ring is 1. The van der Waals surface area contributed by atoms with E-state index in [2.05, 4.69) is 5.32 Å². The molecule has 0 spiro atoms. The van der Waals surface area contributed by atoms with E-state index in [4.69, 9.17) is 10.5 Å². The molecule has 1 aromatic carbocycles. The molecule has 4 heteroatoms. The molecule has 1 unspecified atom stereocenters. The summed E-state index contributed by atoms with van der Waals surface area (Å²) in [4.78, 5) is 0. The predicted octanol–water partition coefficient (Wildman–Crippen LogP) is 2.07. The number of rotatable bonds is 5. The van der Waals surface area contributed by atoms with Gasteiger partial charge in [-0.2, -0.15) is 0 Å². The molecule has 1 saturated heterocycles. The molecule has 0 aromatic heterocycles. The Bertz CT molecular complexity index is 364. The van der Waals surface area contributed by atoms with Crippen LogP contribution in [-0.2, 0) is 11.3 Å². The molecule has 0 aliphatic carbocycles. The fourth-order valence-corrected chi connectivity index (χ4v) is 2.05. The van der Waals surface area contributed by atoms with Crippen LogP contribution in [0.15, 0.2) is 18.2 Å². The first-order valence-corrected chi connectivity index (χ1v) is 6.12. The summed E-state index contributed by atoms with van der Waals surface area (Å²) >= 11 is 0. The Balaban J connectivity index is 1.68. The van der Waals surface area contributed by atoms with Gasteiger partial charge in [0.25, 0.3) is 0 Å². The van der Waals surface area contributed by atoms with Crippen LogP contribution in [0.1, 0.15) is 24.8 Å². The summed E-state index contributed by atoms with van der Waals surface area (Å²) in [5.74, 6) is -0.344. The van der Waals surface area contributed by atoms with Crippen LogP contribution in [0, 0.1) is 5.82 Å². The molecule has 0 saturated carbocycles. The van der Waals surface area contributed by atoms with Crippen molar-refractivity contribution in [3.8, 4) is 0 Å². The summed E-state index contributed by atoms with van der Waals surface area (Å²) in [7, 11) is 0. The number of hydrogen-bond donors (Lipinski definition) is 2. The number of ether oxygens (including phenoxy) is 1. The molecule has 1 atom stereocenters. The first kappa shape index (κ1) is 12.3. The highest BCUT2D eigenvalue weighted by atomic mass is 19.1. The molecular formula is C13H19FN2O. The molecule has 2 rings (SSSR count). The van der Waals surface area contributed by atoms with E-state index < -0.39 is 0 Å². The van der Waals surface area contributed by atoms with E-state index in [9.17, 15) is 4.39 Å². The highest BCUT2D eigenvalue weighted by Crippen LogP contribution is 2.15. The van der Waals surface area contributed by atoms with E-state index in [-0.39, 0.29) is 11.5 Å². The normalized spacial score (nSPS) is 19.7. The molecule has 0 bridgehead atoms. The Morgan fingerprint density at radius 1 is 1.47 bits per heavy atom. The molecule has 1 aromatic rings. The molecule has 17 heavy (non-hydrogen) atoms. The van der Waals surface area contributed by atoms with E-state index in [1.165, 1.54) is 12.5 Å². The monoisotopic (exact) mass is 238 g/mol. The minimum atomic E-state index is -0.344. The van der Waals surface area contributed by atoms with Crippen molar-refractivity contribution in [2.75, 3.05) is 18.9 Å². The number of hydrogen-bond acceptors (Lipinski definition) is 3. The van der Waals surface area contributed by atoms with Crippen LogP contribution in [0.4, 0.5) is 10.1 Å². The quantitative estimate of drug-likeness (QED) is 0.610. The van der Waals surface area contributed by atoms with Gasteiger partial charge in [0.15, 0.2) is 0 Å². The smallest absolute Gasteiger partial charge is 0.146 e. The summed E-state index contributed by atoms with van der Waals surface area (Å²) in [6.07, 6.45) is 3.77. The highest BCUT2D eigenvalue weighted by Gasteiger charge is 2.14. The van der Waals surface area contributed by atoms with Gasteiger partial charge in [0, 0.05) is 13.2 Å². The molecule has 1 fully saturated rings. The molecule has 0 radical (unpaired) electrons. The molecule has 1 aliphatic rings. The third kappa shape index (κ3) is 3.68. The maximum atomic E-state index is 13.2. The van der Waals surface area contributed by atoms with Gasteiger partial charge >= 0.3 is 0 Å². The van der Waals surface area contributed by atoms with Crippen LogP contribution in [0.2, 0.25) is 0 Å². The summed E-state index contributed by atoms with van der Waals surface area (Å²) in [5.41, 5.74) is 6.54. The Labute approximate surface area is 101 Å². The minimum absolute atomic E-state index is 0.202. The van der Waals surface area contributed by atoms with Crippen LogP contribution in [0.5, 0.6) is 0 Å². The molecule has 3 N–H and O–H groups in total. The van der Waals surface area contributed by atoms with Crippen LogP contribution >= 0.6 is 0 Å². The van der Waals surface area contributed by atoms with Gasteiger partial charge in [0.1, 0.15) is 5.82 Å². The summed E-state index contributed by atoms with van der Waals surface area (Å²) < 4.78 is 18.7. The van der Waals surface area contributed by atoms with Gasteiger partial charge in [-0.1, -0.05) is 6.07 Å². The molecule has 3 nitrogen and oxygen atoms in total. The second-order valence-electron chi connectivity index (χ2n) is 4.46. The lowest BCUT2D eigenvalue weighted by atomic mass is 10.1. The van der Waals surface area contributed by atoms with Crippen molar-refractivity contribution < 1.29 is 9.13 Å². The fraction of sp³-hybridized carbons (Fsp3) is 0.538. The van der Waals surface area contributed by atoms with E-state index >= 15 is 0 Å². The second kappa shape index (κ2) is 5.98. The number of benzene rings is 1. The van der Waals surface area contributed by atoms with Gasteiger partial charge in [0.05, 0.1) is 11.8 Å². The number of anilines is 1. The van der Waals surface area contributed by atoms with E-state index in [0.717, 1.165) is 31.6 Å². The van der Waals surface area contributed by atoms with Gasteiger partial charge in [-0.25, -0.2) is 4.39 Å². The number of halogens is 1. The molecular weight excluding hydrogens is 219 g/mol. The van der Waals surface area contributed by atoms with Crippen molar-refractivity contribution >= 4 is 5.69 Å². The van der Waals surface area contributed by atoms with E-state index in [1.54, 1.807) is 6.07 Å². The Morgan fingerprint density at radius 2 is 2.35 bits per heavy atom. The van der Waals surface area contributed by atoms with Crippen molar-refractivity contribution in [1.82, 2.24) is 5.32 Å². The third-order valence-electron chi connectivity index (χ3n) is 3.06. The third-order valence-corrected chi connectivity index (χ3v) is 3.06. The highest BCUT2D eigenvalue weighted by molar-refractivity contribution is 5.41. The summed E-state index contributed by atoms with van der Waals surface area (Å²) in [6, 6.07) is 4.93. The van der Waals surface area contributed by atoms with Gasteiger partial charge in [-0.3, -0.25) is 0 Å². The van der Waals surface area contributed by atoms with Gasteiger partial charge in [-0.15, -0.1) is 0 Å². The van der Waals surface area contributed by atoms with Crippen molar-refractivity contribution in [3.05, 3.63) is 29.6 Å². The molecule has 1 aliphatic heterocycles. The topological polar surface area (TPSA) is 47.3 Å². The van der Waals surface area contributed by atoms with E-state index in [1.807, 2.05) is 6.07 Å². The zero-order chi connectivity index (χ0) is 12.1. The maximum Gasteiger partial charge on any atom is 0.146 e. The van der Waals surface area contributed by atoms with Crippen molar-refractivity contribution in [2.24, 2.45) is 0 Å². The summed E-state index contributed by atoms with van der Waals surface area (Å²) in [6.45, 7) is 2.47. The fourth-order valence-electron chi connectivity index (χ4n) is 2.05. The first-order chi connectivity index (χ1) is 8.25. The molecule has 0 amide bonds. The number of nitrogens with one attached hydrogen (secondary N) is 1. The standard InChI is InChI=1S/C13H19FN2O/c14-12-8-10(3-4-13(12)15)9-16-6-5-11-2-1-7-17-11/h3-4,8,11,16H,1-2,5-7,9,15H2. The van der Waals surface area contributed by atoms with Crippen LogP contribution in [0.25, 0.3) is 0 Å². The average molecular weight is 238 g/mol. The van der Waals surface area contributed by atoms with Gasteiger partial charge in [0.2, 0.25) is 0 Å². The lowest BCUT2D eigenvalue weighted by molar-refractivity contribution is 0.104. The largest absolute Gasteiger partial charge is 0.396 e. The predicted molar refractivity (Wildman–Crippen MR) is 66.1 cm³/mol. The van der Waals surface area contributed by atoms with Gasteiger partial charge < -0.3 is 15.8 Å². The van der Waals surface area contributed by atoms with Crippen LogP contribution in [-0.4, -0.2) is 19.3 Å². The van der Waals surface area contributed by atoms with Crippen LogP contribution < -0.4 is 11.1 Å². The Hall–Kier alpha value is -1.13. The second-order valence-corrected chi connectivity index (χ2v) is 4.46. The molecule has 94 valence electrons. The average Bonchev–Trinajstić information content (AvgIpc) is 2.82. The maximum absolute atomic E-state index is 13.2. The Kier molecular flexibility index (Phi) is 4.34. The molecule has 1 heterocycles. The van der Waals surface area contributed by atoms with Crippen molar-refractivity contribution in [2.45, 2.75) is 31.9 Å². The lowest BCUT2D eigenvalue weighted by Crippen LogP contribution is -2.19. The Morgan fingerprint density at radius 3 is 3.06 bits per heavy atom. The van der Waals surface area contributed by atoms with Gasteiger partial charge in [-0.05, 0) is 43.5 Å². The first-order valence-electron chi connectivity index (χ1n) is 6.12. The van der Waals surface area contributed by atoms with Crippen LogP contribution in [0.3, 0.4) is 0 Å². The zero-order valence-electron chi connectivity index (χ0n) is 9.92. The SMILES string of the molecule is Nc1ccc(CNCCC2CCCO2)cc1F. The lowest BCUT2D eigenvalue weighted by Gasteiger charge is -2.10. The van der Waals surface area contributed by atoms with Crippen molar-refractivity contribution in [1.29, 1.82) is 0 Å². The zero-order valence-corrected chi connectivity index (χ0v) is 9.92. The van der Waals surface area contributed by atoms with Crippen molar-refractivity contribution in [3.63, 3.8) is 0 Å². The van der Waals surface area contributed by atoms with E-state index in [0.29, 0.717) is 12.6 Å². The summed E-state index contributed by atoms with van der Waals surface area (Å²) in [5, 5.41) is 3.29. The number of nitrogens with two attached hydrogens (primary N) is 1. The minimum Gasteiger partial charge on any atom is -0.396 e.